The molecule has 0 saturated carbocycles. The first-order chi connectivity index (χ1) is 11.7. The van der Waals surface area contributed by atoms with Crippen LogP contribution in [-0.2, 0) is 15.0 Å². The average Bonchev–Trinajstić information content (AvgIpc) is 2.62. The van der Waals surface area contributed by atoms with Gasteiger partial charge >= 0.3 is 5.97 Å². The lowest BCUT2D eigenvalue weighted by atomic mass is 9.51. The highest BCUT2D eigenvalue weighted by Crippen LogP contribution is 2.57. The normalized spacial score (nSPS) is 26.5. The highest BCUT2D eigenvalue weighted by atomic mass is 16.7. The fourth-order valence-corrected chi connectivity index (χ4v) is 4.29. The van der Waals surface area contributed by atoms with Crippen LogP contribution in [-0.4, -0.2) is 12.2 Å². The molecule has 0 heterocycles. The van der Waals surface area contributed by atoms with E-state index < -0.39 is 11.4 Å². The SMILES string of the molecule is CC(=O)O/N=C/C12c3ccccc3C(CC1C#N)c1ccccc12. The number of rotatable bonds is 2. The van der Waals surface area contributed by atoms with Crippen molar-refractivity contribution in [3.63, 3.8) is 0 Å². The van der Waals surface area contributed by atoms with Gasteiger partial charge in [-0.1, -0.05) is 53.7 Å². The van der Waals surface area contributed by atoms with Gasteiger partial charge in [-0.15, -0.1) is 0 Å². The molecule has 0 fully saturated rings. The Morgan fingerprint density at radius 3 is 2.33 bits per heavy atom. The monoisotopic (exact) mass is 316 g/mol. The fraction of sp³-hybridized carbons (Fsp3) is 0.250. The van der Waals surface area contributed by atoms with Crippen molar-refractivity contribution in [2.75, 3.05) is 0 Å². The molecule has 0 aromatic heterocycles. The molecule has 2 bridgehead atoms. The van der Waals surface area contributed by atoms with Gasteiger partial charge in [0.25, 0.3) is 0 Å². The average molecular weight is 316 g/mol. The van der Waals surface area contributed by atoms with Crippen LogP contribution in [0.3, 0.4) is 0 Å². The van der Waals surface area contributed by atoms with E-state index in [-0.39, 0.29) is 11.8 Å². The van der Waals surface area contributed by atoms with Crippen LogP contribution in [0, 0.1) is 17.2 Å². The van der Waals surface area contributed by atoms with Gasteiger partial charge in [-0.05, 0) is 28.7 Å². The largest absolute Gasteiger partial charge is 0.331 e. The molecule has 2 aromatic rings. The Morgan fingerprint density at radius 1 is 1.21 bits per heavy atom. The van der Waals surface area contributed by atoms with Gasteiger partial charge in [0.2, 0.25) is 0 Å². The van der Waals surface area contributed by atoms with E-state index in [1.54, 1.807) is 6.21 Å². The molecule has 118 valence electrons. The molecule has 1 unspecified atom stereocenters. The van der Waals surface area contributed by atoms with Crippen molar-refractivity contribution in [3.05, 3.63) is 70.8 Å². The van der Waals surface area contributed by atoms with Gasteiger partial charge in [-0.25, -0.2) is 4.79 Å². The molecule has 0 aliphatic heterocycles. The molecule has 0 N–H and O–H groups in total. The first-order valence-electron chi connectivity index (χ1n) is 7.99. The highest BCUT2D eigenvalue weighted by Gasteiger charge is 2.54. The second-order valence-electron chi connectivity index (χ2n) is 6.33. The summed E-state index contributed by atoms with van der Waals surface area (Å²) in [5, 5.41) is 13.8. The van der Waals surface area contributed by atoms with Crippen LogP contribution in [0.15, 0.2) is 53.7 Å². The van der Waals surface area contributed by atoms with E-state index in [2.05, 4.69) is 35.5 Å². The lowest BCUT2D eigenvalue weighted by Crippen LogP contribution is -2.48. The zero-order chi connectivity index (χ0) is 16.7. The summed E-state index contributed by atoms with van der Waals surface area (Å²) in [7, 11) is 0. The second-order valence-corrected chi connectivity index (χ2v) is 6.33. The van der Waals surface area contributed by atoms with Crippen molar-refractivity contribution in [2.24, 2.45) is 11.1 Å². The summed E-state index contributed by atoms with van der Waals surface area (Å²) >= 11 is 0. The lowest BCUT2D eigenvalue weighted by molar-refractivity contribution is -0.140. The summed E-state index contributed by atoms with van der Waals surface area (Å²) in [5.41, 5.74) is 3.96. The Bertz CT molecular complexity index is 847. The molecule has 24 heavy (non-hydrogen) atoms. The van der Waals surface area contributed by atoms with Crippen LogP contribution in [0.25, 0.3) is 0 Å². The third-order valence-electron chi connectivity index (χ3n) is 5.18. The molecular formula is C20H16N2O2. The molecule has 3 aliphatic carbocycles. The molecule has 0 radical (unpaired) electrons. The number of hydrogen-bond donors (Lipinski definition) is 0. The molecule has 3 aliphatic rings. The Kier molecular flexibility index (Phi) is 3.24. The van der Waals surface area contributed by atoms with Crippen molar-refractivity contribution in [1.29, 1.82) is 5.26 Å². The number of carbonyl (C=O) groups excluding carboxylic acids is 1. The van der Waals surface area contributed by atoms with Crippen molar-refractivity contribution >= 4 is 12.2 Å². The summed E-state index contributed by atoms with van der Waals surface area (Å²) in [6.45, 7) is 1.32. The van der Waals surface area contributed by atoms with Crippen LogP contribution in [0.2, 0.25) is 0 Å². The number of carbonyl (C=O) groups is 1. The number of nitriles is 1. The van der Waals surface area contributed by atoms with Crippen LogP contribution >= 0.6 is 0 Å². The molecule has 4 heteroatoms. The summed E-state index contributed by atoms with van der Waals surface area (Å²) in [4.78, 5) is 16.0. The summed E-state index contributed by atoms with van der Waals surface area (Å²) in [6, 6.07) is 18.8. The van der Waals surface area contributed by atoms with Gasteiger partial charge in [-0.3, -0.25) is 0 Å². The summed E-state index contributed by atoms with van der Waals surface area (Å²) in [6.07, 6.45) is 2.39. The van der Waals surface area contributed by atoms with E-state index in [0.29, 0.717) is 0 Å². The highest BCUT2D eigenvalue weighted by molar-refractivity contribution is 5.85. The molecule has 2 aromatic carbocycles. The smallest absolute Gasteiger partial charge is 0.319 e. The standard InChI is InChI=1S/C20H16N2O2/c1-13(23)24-22-12-20-14(11-21)10-17(15-6-2-4-8-18(15)20)16-7-3-5-9-19(16)20/h2-9,12,14,17H,10H2,1H3/b22-12+. The minimum absolute atomic E-state index is 0.228. The van der Waals surface area contributed by atoms with E-state index in [1.807, 2.05) is 24.3 Å². The molecule has 5 rings (SSSR count). The number of oxime groups is 1. The van der Waals surface area contributed by atoms with Gasteiger partial charge in [0.15, 0.2) is 0 Å². The van der Waals surface area contributed by atoms with Gasteiger partial charge in [0.05, 0.1) is 23.6 Å². The number of nitrogens with zero attached hydrogens (tertiary/aromatic N) is 2. The maximum atomic E-state index is 11.1. The first-order valence-corrected chi connectivity index (χ1v) is 7.99. The van der Waals surface area contributed by atoms with E-state index in [1.165, 1.54) is 18.1 Å². The molecule has 0 spiro atoms. The predicted octanol–water partition coefficient (Wildman–Crippen LogP) is 3.51. The molecule has 4 nitrogen and oxygen atoms in total. The van der Waals surface area contributed by atoms with Gasteiger partial charge < -0.3 is 4.84 Å². The van der Waals surface area contributed by atoms with Crippen molar-refractivity contribution in [2.45, 2.75) is 24.7 Å². The van der Waals surface area contributed by atoms with Crippen molar-refractivity contribution in [3.8, 4) is 6.07 Å². The van der Waals surface area contributed by atoms with E-state index in [9.17, 15) is 10.1 Å². The maximum absolute atomic E-state index is 11.1. The van der Waals surface area contributed by atoms with Crippen molar-refractivity contribution in [1.82, 2.24) is 0 Å². The third kappa shape index (κ3) is 1.85. The first kappa shape index (κ1) is 14.6. The maximum Gasteiger partial charge on any atom is 0.331 e. The van der Waals surface area contributed by atoms with Crippen LogP contribution in [0.4, 0.5) is 0 Å². The quantitative estimate of drug-likeness (QED) is 0.484. The number of fused-ring (bicyclic) bond motifs is 1. The van der Waals surface area contributed by atoms with E-state index >= 15 is 0 Å². The van der Waals surface area contributed by atoms with Crippen LogP contribution < -0.4 is 0 Å². The second kappa shape index (κ2) is 5.31. The van der Waals surface area contributed by atoms with E-state index in [0.717, 1.165) is 17.5 Å². The minimum atomic E-state index is -0.674. The van der Waals surface area contributed by atoms with E-state index in [4.69, 9.17) is 4.84 Å². The summed E-state index contributed by atoms with van der Waals surface area (Å²) < 4.78 is 0. The molecule has 0 saturated heterocycles. The van der Waals surface area contributed by atoms with Crippen LogP contribution in [0.5, 0.6) is 0 Å². The lowest BCUT2D eigenvalue weighted by Gasteiger charge is -2.49. The molecule has 0 amide bonds. The molecule has 1 atom stereocenters. The molecular weight excluding hydrogens is 300 g/mol. The number of hydrogen-bond acceptors (Lipinski definition) is 4. The predicted molar refractivity (Wildman–Crippen MR) is 89.5 cm³/mol. The van der Waals surface area contributed by atoms with Gasteiger partial charge in [0, 0.05) is 12.8 Å². The Morgan fingerprint density at radius 2 is 1.79 bits per heavy atom. The summed E-state index contributed by atoms with van der Waals surface area (Å²) in [5.74, 6) is -0.486. The Labute approximate surface area is 140 Å². The fourth-order valence-electron chi connectivity index (χ4n) is 4.29. The Hall–Kier alpha value is -2.93. The zero-order valence-electron chi connectivity index (χ0n) is 13.3. The zero-order valence-corrected chi connectivity index (χ0v) is 13.3. The van der Waals surface area contributed by atoms with Gasteiger partial charge in [-0.2, -0.15) is 5.26 Å². The Balaban J connectivity index is 2.01. The minimum Gasteiger partial charge on any atom is -0.319 e. The van der Waals surface area contributed by atoms with Gasteiger partial charge in [0.1, 0.15) is 0 Å². The number of benzene rings is 2. The van der Waals surface area contributed by atoms with Crippen molar-refractivity contribution < 1.29 is 9.63 Å². The van der Waals surface area contributed by atoms with Crippen LogP contribution in [0.1, 0.15) is 41.5 Å². The topological polar surface area (TPSA) is 62.4 Å². The third-order valence-corrected chi connectivity index (χ3v) is 5.18.